The molecule has 0 spiro atoms. The van der Waals surface area contributed by atoms with Crippen LogP contribution in [0.15, 0.2) is 22.7 Å². The van der Waals surface area contributed by atoms with Gasteiger partial charge >= 0.3 is 0 Å². The summed E-state index contributed by atoms with van der Waals surface area (Å²) in [5.41, 5.74) is 2.09. The molecule has 3 rings (SSSR count). The van der Waals surface area contributed by atoms with E-state index in [0.717, 1.165) is 16.6 Å². The van der Waals surface area contributed by atoms with Gasteiger partial charge in [0.1, 0.15) is 0 Å². The van der Waals surface area contributed by atoms with Crippen LogP contribution in [0.25, 0.3) is 0 Å². The number of halogens is 1. The highest BCUT2D eigenvalue weighted by Gasteiger charge is 2.34. The second-order valence-electron chi connectivity index (χ2n) is 4.36. The molecule has 0 atom stereocenters. The molecule has 1 aliphatic heterocycles. The summed E-state index contributed by atoms with van der Waals surface area (Å²) in [6.45, 7) is 1.55. The maximum Gasteiger partial charge on any atom is 0.177 e. The number of Topliss-reactive ketones (excluding diaryl/α,β-unsaturated/α-hetero) is 1. The number of hydrogen-bond donors (Lipinski definition) is 0. The van der Waals surface area contributed by atoms with Gasteiger partial charge in [-0.2, -0.15) is 0 Å². The normalized spacial score (nSPS) is 21.5. The molecular weight excluding hydrogens is 254 g/mol. The fourth-order valence-corrected chi connectivity index (χ4v) is 2.55. The first-order chi connectivity index (χ1) is 7.24. The molecule has 1 saturated carbocycles. The molecule has 0 aromatic heterocycles. The monoisotopic (exact) mass is 265 g/mol. The van der Waals surface area contributed by atoms with Crippen molar-refractivity contribution in [1.82, 2.24) is 4.90 Å². The molecule has 1 aromatic carbocycles. The van der Waals surface area contributed by atoms with E-state index in [1.165, 1.54) is 18.4 Å². The molecular formula is C12H12BrNO. The van der Waals surface area contributed by atoms with E-state index in [9.17, 15) is 4.79 Å². The van der Waals surface area contributed by atoms with Gasteiger partial charge in [0, 0.05) is 22.6 Å². The van der Waals surface area contributed by atoms with Crippen LogP contribution in [0.2, 0.25) is 0 Å². The van der Waals surface area contributed by atoms with E-state index in [2.05, 4.69) is 26.9 Å². The number of carbonyl (C=O) groups excluding carboxylic acids is 1. The Balaban J connectivity index is 1.96. The SMILES string of the molecule is O=C1CN(C2CC2)Cc2ccc(Br)cc21. The minimum absolute atomic E-state index is 0.268. The Labute approximate surface area is 97.4 Å². The molecule has 0 N–H and O–H groups in total. The molecule has 2 nitrogen and oxygen atoms in total. The first kappa shape index (κ1) is 9.55. The fraction of sp³-hybridized carbons (Fsp3) is 0.417. The van der Waals surface area contributed by atoms with Gasteiger partial charge in [-0.1, -0.05) is 22.0 Å². The van der Waals surface area contributed by atoms with E-state index in [1.54, 1.807) is 0 Å². The summed E-state index contributed by atoms with van der Waals surface area (Å²) < 4.78 is 0.995. The Kier molecular flexibility index (Phi) is 2.18. The van der Waals surface area contributed by atoms with Crippen LogP contribution in [0.4, 0.5) is 0 Å². The molecule has 0 radical (unpaired) electrons. The van der Waals surface area contributed by atoms with Crippen molar-refractivity contribution in [3.63, 3.8) is 0 Å². The summed E-state index contributed by atoms with van der Waals surface area (Å²) in [6, 6.07) is 6.70. The predicted octanol–water partition coefficient (Wildman–Crippen LogP) is 2.61. The predicted molar refractivity (Wildman–Crippen MR) is 61.9 cm³/mol. The van der Waals surface area contributed by atoms with Crippen LogP contribution < -0.4 is 0 Å². The standard InChI is InChI=1S/C12H12BrNO/c13-9-2-1-8-6-14(10-3-4-10)7-12(15)11(8)5-9/h1-2,5,10H,3-4,6-7H2. The van der Waals surface area contributed by atoms with Gasteiger partial charge in [0.15, 0.2) is 5.78 Å². The Hall–Kier alpha value is -0.670. The average molecular weight is 266 g/mol. The van der Waals surface area contributed by atoms with Crippen molar-refractivity contribution in [2.75, 3.05) is 6.54 Å². The van der Waals surface area contributed by atoms with Crippen molar-refractivity contribution < 1.29 is 4.79 Å². The fourth-order valence-electron chi connectivity index (χ4n) is 2.19. The van der Waals surface area contributed by atoms with Crippen molar-refractivity contribution >= 4 is 21.7 Å². The number of fused-ring (bicyclic) bond motifs is 1. The molecule has 0 unspecified atom stereocenters. The lowest BCUT2D eigenvalue weighted by molar-refractivity contribution is 0.0893. The van der Waals surface area contributed by atoms with Gasteiger partial charge in [-0.05, 0) is 30.5 Å². The molecule has 2 aliphatic rings. The van der Waals surface area contributed by atoms with Gasteiger partial charge in [-0.3, -0.25) is 9.69 Å². The topological polar surface area (TPSA) is 20.3 Å². The van der Waals surface area contributed by atoms with Crippen molar-refractivity contribution in [2.24, 2.45) is 0 Å². The highest BCUT2D eigenvalue weighted by molar-refractivity contribution is 9.10. The Morgan fingerprint density at radius 3 is 2.80 bits per heavy atom. The number of rotatable bonds is 1. The van der Waals surface area contributed by atoms with Gasteiger partial charge in [-0.25, -0.2) is 0 Å². The zero-order valence-corrected chi connectivity index (χ0v) is 9.96. The summed E-state index contributed by atoms with van der Waals surface area (Å²) >= 11 is 3.41. The summed E-state index contributed by atoms with van der Waals surface area (Å²) in [7, 11) is 0. The summed E-state index contributed by atoms with van der Waals surface area (Å²) in [6.07, 6.45) is 2.53. The minimum Gasteiger partial charge on any atom is -0.293 e. The molecule has 1 heterocycles. The molecule has 0 saturated heterocycles. The van der Waals surface area contributed by atoms with Crippen LogP contribution in [0.1, 0.15) is 28.8 Å². The smallest absolute Gasteiger partial charge is 0.177 e. The highest BCUT2D eigenvalue weighted by Crippen LogP contribution is 2.32. The van der Waals surface area contributed by atoms with Crippen molar-refractivity contribution in [2.45, 2.75) is 25.4 Å². The number of hydrogen-bond acceptors (Lipinski definition) is 2. The lowest BCUT2D eigenvalue weighted by atomic mass is 9.99. The third kappa shape index (κ3) is 1.74. The van der Waals surface area contributed by atoms with Crippen LogP contribution in [-0.4, -0.2) is 23.3 Å². The molecule has 0 bridgehead atoms. The minimum atomic E-state index is 0.268. The molecule has 3 heteroatoms. The van der Waals surface area contributed by atoms with E-state index in [4.69, 9.17) is 0 Å². The second-order valence-corrected chi connectivity index (χ2v) is 5.28. The Bertz CT molecular complexity index is 426. The number of benzene rings is 1. The molecule has 1 aromatic rings. The summed E-state index contributed by atoms with van der Waals surface area (Å²) in [4.78, 5) is 14.2. The summed E-state index contributed by atoms with van der Waals surface area (Å²) in [5, 5.41) is 0. The van der Waals surface area contributed by atoms with E-state index in [1.807, 2.05) is 12.1 Å². The first-order valence-electron chi connectivity index (χ1n) is 5.30. The quantitative estimate of drug-likeness (QED) is 0.778. The lowest BCUT2D eigenvalue weighted by Gasteiger charge is -2.27. The van der Waals surface area contributed by atoms with Crippen molar-refractivity contribution in [3.05, 3.63) is 33.8 Å². The van der Waals surface area contributed by atoms with Crippen LogP contribution in [0, 0.1) is 0 Å². The average Bonchev–Trinajstić information content (AvgIpc) is 3.02. The van der Waals surface area contributed by atoms with Gasteiger partial charge < -0.3 is 0 Å². The van der Waals surface area contributed by atoms with E-state index >= 15 is 0 Å². The third-order valence-corrected chi connectivity index (χ3v) is 3.65. The van der Waals surface area contributed by atoms with E-state index < -0.39 is 0 Å². The van der Waals surface area contributed by atoms with Crippen LogP contribution in [0.3, 0.4) is 0 Å². The van der Waals surface area contributed by atoms with Gasteiger partial charge in [0.05, 0.1) is 6.54 Å². The van der Waals surface area contributed by atoms with E-state index in [-0.39, 0.29) is 5.78 Å². The van der Waals surface area contributed by atoms with E-state index in [0.29, 0.717) is 12.6 Å². The number of nitrogens with zero attached hydrogens (tertiary/aromatic N) is 1. The third-order valence-electron chi connectivity index (χ3n) is 3.16. The Morgan fingerprint density at radius 2 is 2.07 bits per heavy atom. The van der Waals surface area contributed by atoms with Crippen LogP contribution in [0.5, 0.6) is 0 Å². The van der Waals surface area contributed by atoms with Crippen LogP contribution >= 0.6 is 15.9 Å². The number of carbonyl (C=O) groups is 1. The lowest BCUT2D eigenvalue weighted by Crippen LogP contribution is -2.36. The molecule has 78 valence electrons. The highest BCUT2D eigenvalue weighted by atomic mass is 79.9. The maximum absolute atomic E-state index is 11.9. The van der Waals surface area contributed by atoms with Crippen LogP contribution in [-0.2, 0) is 6.54 Å². The van der Waals surface area contributed by atoms with Gasteiger partial charge in [-0.15, -0.1) is 0 Å². The van der Waals surface area contributed by atoms with Gasteiger partial charge in [0.25, 0.3) is 0 Å². The first-order valence-corrected chi connectivity index (χ1v) is 6.09. The molecule has 15 heavy (non-hydrogen) atoms. The van der Waals surface area contributed by atoms with Crippen molar-refractivity contribution in [3.8, 4) is 0 Å². The molecule has 1 fully saturated rings. The zero-order chi connectivity index (χ0) is 10.4. The van der Waals surface area contributed by atoms with Crippen molar-refractivity contribution in [1.29, 1.82) is 0 Å². The second kappa shape index (κ2) is 3.42. The number of ketones is 1. The Morgan fingerprint density at radius 1 is 1.27 bits per heavy atom. The molecule has 0 amide bonds. The molecule has 1 aliphatic carbocycles. The van der Waals surface area contributed by atoms with Gasteiger partial charge in [0.2, 0.25) is 0 Å². The maximum atomic E-state index is 11.9. The summed E-state index contributed by atoms with van der Waals surface area (Å²) in [5.74, 6) is 0.268. The largest absolute Gasteiger partial charge is 0.293 e. The zero-order valence-electron chi connectivity index (χ0n) is 8.37.